The topological polar surface area (TPSA) is 63.9 Å². The van der Waals surface area contributed by atoms with E-state index in [1.165, 1.54) is 6.08 Å². The Hall–Kier alpha value is -2.60. The largest absolute Gasteiger partial charge is 0.544 e. The number of nitrogens with zero attached hydrogens (tertiary/aromatic N) is 1. The molecule has 0 amide bonds. The van der Waals surface area contributed by atoms with Gasteiger partial charge in [-0.05, 0) is 28.5 Å². The lowest BCUT2D eigenvalue weighted by atomic mass is 10.1. The molecule has 2 aromatic rings. The van der Waals surface area contributed by atoms with Gasteiger partial charge < -0.3 is 9.90 Å². The van der Waals surface area contributed by atoms with Crippen molar-refractivity contribution < 1.29 is 9.90 Å². The summed E-state index contributed by atoms with van der Waals surface area (Å²) in [6, 6.07) is 14.8. The number of rotatable bonds is 2. The Morgan fingerprint density at radius 3 is 2.53 bits per heavy atom. The fourth-order valence-electron chi connectivity index (χ4n) is 1.60. The molecular formula is C14H8NO2-. The van der Waals surface area contributed by atoms with E-state index in [1.807, 2.05) is 36.4 Å². The average Bonchev–Trinajstić information content (AvgIpc) is 2.35. The van der Waals surface area contributed by atoms with Crippen molar-refractivity contribution in [3.8, 4) is 6.07 Å². The molecule has 2 rings (SSSR count). The number of carbonyl (C=O) groups excluding carboxylic acids is 1. The Labute approximate surface area is 98.2 Å². The zero-order chi connectivity index (χ0) is 12.3. The Bertz CT molecular complexity index is 651. The van der Waals surface area contributed by atoms with Crippen LogP contribution in [-0.4, -0.2) is 5.97 Å². The van der Waals surface area contributed by atoms with Crippen LogP contribution in [0.5, 0.6) is 0 Å². The van der Waals surface area contributed by atoms with Crippen LogP contribution in [0, 0.1) is 11.3 Å². The van der Waals surface area contributed by atoms with Gasteiger partial charge in [-0.25, -0.2) is 0 Å². The summed E-state index contributed by atoms with van der Waals surface area (Å²) in [6.45, 7) is 0. The summed E-state index contributed by atoms with van der Waals surface area (Å²) in [5.41, 5.74) is 0.296. The average molecular weight is 222 g/mol. The zero-order valence-corrected chi connectivity index (χ0v) is 8.88. The van der Waals surface area contributed by atoms with E-state index in [-0.39, 0.29) is 5.57 Å². The number of fused-ring (bicyclic) bond motifs is 1. The minimum Gasteiger partial charge on any atom is -0.544 e. The van der Waals surface area contributed by atoms with E-state index < -0.39 is 5.97 Å². The molecule has 0 heterocycles. The summed E-state index contributed by atoms with van der Waals surface area (Å²) in [7, 11) is 0. The smallest absolute Gasteiger partial charge is 0.101 e. The molecule has 0 spiro atoms. The predicted molar refractivity (Wildman–Crippen MR) is 62.5 cm³/mol. The van der Waals surface area contributed by atoms with Gasteiger partial charge >= 0.3 is 0 Å². The van der Waals surface area contributed by atoms with Crippen molar-refractivity contribution in [2.24, 2.45) is 0 Å². The normalized spacial score (nSPS) is 11.1. The predicted octanol–water partition coefficient (Wildman–Crippen LogP) is 1.50. The molecule has 0 bridgehead atoms. The van der Waals surface area contributed by atoms with Crippen molar-refractivity contribution in [1.29, 1.82) is 5.26 Å². The van der Waals surface area contributed by atoms with Crippen molar-refractivity contribution in [3.05, 3.63) is 53.6 Å². The quantitative estimate of drug-likeness (QED) is 0.571. The first kappa shape index (κ1) is 10.9. The van der Waals surface area contributed by atoms with Crippen molar-refractivity contribution >= 4 is 22.8 Å². The highest BCUT2D eigenvalue weighted by atomic mass is 16.4. The van der Waals surface area contributed by atoms with E-state index in [2.05, 4.69) is 0 Å². The van der Waals surface area contributed by atoms with Gasteiger partial charge in [-0.2, -0.15) is 5.26 Å². The van der Waals surface area contributed by atoms with Crippen LogP contribution < -0.4 is 5.11 Å². The molecule has 0 aliphatic carbocycles. The van der Waals surface area contributed by atoms with Crippen molar-refractivity contribution in [2.45, 2.75) is 0 Å². The van der Waals surface area contributed by atoms with Gasteiger partial charge in [0.2, 0.25) is 0 Å². The maximum atomic E-state index is 10.6. The van der Waals surface area contributed by atoms with Gasteiger partial charge in [-0.15, -0.1) is 0 Å². The number of aliphatic carboxylic acids is 1. The first-order chi connectivity index (χ1) is 8.20. The summed E-state index contributed by atoms with van der Waals surface area (Å²) >= 11 is 0. The minimum atomic E-state index is -1.46. The number of hydrogen-bond donors (Lipinski definition) is 0. The third kappa shape index (κ3) is 2.32. The number of benzene rings is 2. The number of carbonyl (C=O) groups is 1. The van der Waals surface area contributed by atoms with Crippen LogP contribution in [-0.2, 0) is 4.79 Å². The molecule has 0 saturated heterocycles. The second-order valence-electron chi connectivity index (χ2n) is 3.56. The van der Waals surface area contributed by atoms with Gasteiger partial charge in [0, 0.05) is 0 Å². The maximum Gasteiger partial charge on any atom is 0.101 e. The van der Waals surface area contributed by atoms with E-state index in [1.54, 1.807) is 12.1 Å². The third-order valence-corrected chi connectivity index (χ3v) is 2.42. The number of hydrogen-bond acceptors (Lipinski definition) is 3. The highest BCUT2D eigenvalue weighted by Gasteiger charge is 1.98. The summed E-state index contributed by atoms with van der Waals surface area (Å²) in [5, 5.41) is 21.3. The van der Waals surface area contributed by atoms with Crippen LogP contribution in [0.15, 0.2) is 48.0 Å². The first-order valence-electron chi connectivity index (χ1n) is 5.02. The van der Waals surface area contributed by atoms with E-state index in [0.29, 0.717) is 5.56 Å². The second-order valence-corrected chi connectivity index (χ2v) is 3.56. The van der Waals surface area contributed by atoms with Crippen LogP contribution in [0.1, 0.15) is 5.56 Å². The zero-order valence-electron chi connectivity index (χ0n) is 8.88. The SMILES string of the molecule is N#C/C(=C\c1ccc2ccccc2c1)C(=O)[O-]. The van der Waals surface area contributed by atoms with E-state index >= 15 is 0 Å². The molecular weight excluding hydrogens is 214 g/mol. The Balaban J connectivity index is 2.51. The lowest BCUT2D eigenvalue weighted by Gasteiger charge is -2.01. The van der Waals surface area contributed by atoms with Crippen LogP contribution in [0.25, 0.3) is 16.8 Å². The van der Waals surface area contributed by atoms with Gasteiger partial charge in [0.1, 0.15) is 6.07 Å². The van der Waals surface area contributed by atoms with E-state index in [9.17, 15) is 9.90 Å². The van der Waals surface area contributed by atoms with Crippen LogP contribution in [0.2, 0.25) is 0 Å². The molecule has 0 atom stereocenters. The highest BCUT2D eigenvalue weighted by Crippen LogP contribution is 2.17. The highest BCUT2D eigenvalue weighted by molar-refractivity contribution is 5.96. The van der Waals surface area contributed by atoms with Crippen LogP contribution >= 0.6 is 0 Å². The molecule has 0 fully saturated rings. The lowest BCUT2D eigenvalue weighted by Crippen LogP contribution is -2.23. The molecule has 3 heteroatoms. The van der Waals surface area contributed by atoms with Gasteiger partial charge in [-0.1, -0.05) is 36.4 Å². The van der Waals surface area contributed by atoms with Crippen molar-refractivity contribution in [2.75, 3.05) is 0 Å². The molecule has 3 nitrogen and oxygen atoms in total. The van der Waals surface area contributed by atoms with Crippen molar-refractivity contribution in [3.63, 3.8) is 0 Å². The molecule has 17 heavy (non-hydrogen) atoms. The molecule has 0 aliphatic rings. The van der Waals surface area contributed by atoms with Crippen LogP contribution in [0.3, 0.4) is 0 Å². The summed E-state index contributed by atoms with van der Waals surface area (Å²) in [4.78, 5) is 10.6. The minimum absolute atomic E-state index is 0.375. The fraction of sp³-hybridized carbons (Fsp3) is 0. The number of nitriles is 1. The summed E-state index contributed by atoms with van der Waals surface area (Å²) < 4.78 is 0. The van der Waals surface area contributed by atoms with Gasteiger partial charge in [0.25, 0.3) is 0 Å². The summed E-state index contributed by atoms with van der Waals surface area (Å²) in [5.74, 6) is -1.46. The van der Waals surface area contributed by atoms with E-state index in [0.717, 1.165) is 10.8 Å². The lowest BCUT2D eigenvalue weighted by molar-refractivity contribution is -0.298. The third-order valence-electron chi connectivity index (χ3n) is 2.42. The maximum absolute atomic E-state index is 10.6. The molecule has 0 saturated carbocycles. The Morgan fingerprint density at radius 1 is 1.18 bits per heavy atom. The van der Waals surface area contributed by atoms with Crippen molar-refractivity contribution in [1.82, 2.24) is 0 Å². The monoisotopic (exact) mass is 222 g/mol. The number of carboxylic acid groups (broad SMARTS) is 1. The molecule has 0 aliphatic heterocycles. The van der Waals surface area contributed by atoms with Gasteiger partial charge in [0.15, 0.2) is 0 Å². The first-order valence-corrected chi connectivity index (χ1v) is 5.02. The molecule has 2 aromatic carbocycles. The number of carboxylic acids is 1. The van der Waals surface area contributed by atoms with Gasteiger partial charge in [-0.3, -0.25) is 0 Å². The molecule has 0 unspecified atom stereocenters. The molecule has 0 N–H and O–H groups in total. The molecule has 82 valence electrons. The molecule has 0 aromatic heterocycles. The van der Waals surface area contributed by atoms with E-state index in [4.69, 9.17) is 5.26 Å². The standard InChI is InChI=1S/C14H9NO2/c15-9-13(14(16)17)8-10-5-6-11-3-1-2-4-12(11)7-10/h1-8H,(H,16,17)/p-1/b13-8+. The Kier molecular flexibility index (Phi) is 2.89. The fourth-order valence-corrected chi connectivity index (χ4v) is 1.60. The second kappa shape index (κ2) is 4.50. The van der Waals surface area contributed by atoms with Crippen LogP contribution in [0.4, 0.5) is 0 Å². The summed E-state index contributed by atoms with van der Waals surface area (Å²) in [6.07, 6.45) is 1.31. The van der Waals surface area contributed by atoms with Gasteiger partial charge in [0.05, 0.1) is 11.5 Å². The molecule has 0 radical (unpaired) electrons. The Morgan fingerprint density at radius 2 is 1.88 bits per heavy atom.